The fraction of sp³-hybridized carbons (Fsp3) is 0.273. The lowest BCUT2D eigenvalue weighted by Crippen LogP contribution is -2.28. The van der Waals surface area contributed by atoms with Crippen LogP contribution in [0.25, 0.3) is 22.3 Å². The SMILES string of the molecule is CC[C@@H](C)N(C)Cc1nc2cc(Oc3ccc(-c4ccn[nH]4)cc3)ccc2[nH]1. The zero-order chi connectivity index (χ0) is 19.5. The second kappa shape index (κ2) is 7.86. The lowest BCUT2D eigenvalue weighted by atomic mass is 10.1. The van der Waals surface area contributed by atoms with Crippen molar-refractivity contribution in [3.8, 4) is 22.8 Å². The van der Waals surface area contributed by atoms with Crippen LogP contribution in [0, 0.1) is 0 Å². The summed E-state index contributed by atoms with van der Waals surface area (Å²) < 4.78 is 6.01. The first-order valence-corrected chi connectivity index (χ1v) is 9.59. The lowest BCUT2D eigenvalue weighted by molar-refractivity contribution is 0.239. The standard InChI is InChI=1S/C22H25N5O/c1-4-15(2)27(3)14-22-24-20-10-9-18(13-21(20)25-22)28-17-7-5-16(6-8-17)19-11-12-23-26-19/h5-13,15H,4,14H2,1-3H3,(H,23,26)(H,24,25)/t15-/m1/s1. The quantitative estimate of drug-likeness (QED) is 0.478. The number of H-pyrrole nitrogens is 2. The van der Waals surface area contributed by atoms with Crippen LogP contribution in [0.4, 0.5) is 0 Å². The molecule has 2 heterocycles. The number of nitrogens with one attached hydrogen (secondary N) is 2. The highest BCUT2D eigenvalue weighted by atomic mass is 16.5. The molecule has 6 nitrogen and oxygen atoms in total. The Morgan fingerprint density at radius 3 is 2.57 bits per heavy atom. The number of fused-ring (bicyclic) bond motifs is 1. The van der Waals surface area contributed by atoms with Crippen LogP contribution in [-0.4, -0.2) is 38.2 Å². The molecule has 0 aliphatic carbocycles. The molecule has 0 saturated heterocycles. The Morgan fingerprint density at radius 2 is 1.86 bits per heavy atom. The van der Waals surface area contributed by atoms with Crippen LogP contribution in [0.5, 0.6) is 11.5 Å². The van der Waals surface area contributed by atoms with E-state index in [2.05, 4.69) is 41.0 Å². The number of nitrogens with zero attached hydrogens (tertiary/aromatic N) is 3. The molecule has 0 fully saturated rings. The minimum Gasteiger partial charge on any atom is -0.457 e. The molecule has 0 bridgehead atoms. The van der Waals surface area contributed by atoms with Gasteiger partial charge in [0, 0.05) is 18.3 Å². The van der Waals surface area contributed by atoms with Crippen molar-refractivity contribution in [2.24, 2.45) is 0 Å². The molecule has 0 amide bonds. The Hall–Kier alpha value is -3.12. The Balaban J connectivity index is 1.48. The van der Waals surface area contributed by atoms with Crippen LogP contribution in [0.3, 0.4) is 0 Å². The van der Waals surface area contributed by atoms with Gasteiger partial charge in [0.15, 0.2) is 0 Å². The van der Waals surface area contributed by atoms with E-state index in [1.807, 2.05) is 48.5 Å². The van der Waals surface area contributed by atoms with E-state index in [1.54, 1.807) is 6.20 Å². The zero-order valence-electron chi connectivity index (χ0n) is 16.4. The second-order valence-electron chi connectivity index (χ2n) is 7.13. The van der Waals surface area contributed by atoms with Crippen LogP contribution in [-0.2, 0) is 6.54 Å². The third-order valence-corrected chi connectivity index (χ3v) is 5.15. The maximum absolute atomic E-state index is 6.01. The van der Waals surface area contributed by atoms with E-state index >= 15 is 0 Å². The maximum atomic E-state index is 6.01. The monoisotopic (exact) mass is 375 g/mol. The van der Waals surface area contributed by atoms with Gasteiger partial charge in [0.25, 0.3) is 0 Å². The fourth-order valence-electron chi connectivity index (χ4n) is 3.14. The van der Waals surface area contributed by atoms with Gasteiger partial charge < -0.3 is 9.72 Å². The zero-order valence-corrected chi connectivity index (χ0v) is 16.4. The minimum atomic E-state index is 0.525. The van der Waals surface area contributed by atoms with Gasteiger partial charge in [0.1, 0.15) is 17.3 Å². The number of aromatic amines is 2. The average Bonchev–Trinajstić information content (AvgIpc) is 3.37. The lowest BCUT2D eigenvalue weighted by Gasteiger charge is -2.21. The second-order valence-corrected chi connectivity index (χ2v) is 7.13. The van der Waals surface area contributed by atoms with E-state index in [0.717, 1.165) is 52.6 Å². The Labute approximate surface area is 164 Å². The number of imidazole rings is 1. The number of aromatic nitrogens is 4. The van der Waals surface area contributed by atoms with Crippen molar-refractivity contribution in [1.29, 1.82) is 0 Å². The summed E-state index contributed by atoms with van der Waals surface area (Å²) in [4.78, 5) is 10.4. The summed E-state index contributed by atoms with van der Waals surface area (Å²) in [6.45, 7) is 5.23. The normalized spacial score (nSPS) is 12.6. The minimum absolute atomic E-state index is 0.525. The van der Waals surface area contributed by atoms with Crippen LogP contribution in [0.1, 0.15) is 26.1 Å². The maximum Gasteiger partial charge on any atom is 0.129 e. The molecule has 1 atom stereocenters. The van der Waals surface area contributed by atoms with Gasteiger partial charge >= 0.3 is 0 Å². The van der Waals surface area contributed by atoms with Gasteiger partial charge in [0.05, 0.1) is 23.3 Å². The molecule has 0 saturated carbocycles. The van der Waals surface area contributed by atoms with Gasteiger partial charge in [-0.1, -0.05) is 6.92 Å². The average molecular weight is 375 g/mol. The first kappa shape index (κ1) is 18.3. The smallest absolute Gasteiger partial charge is 0.129 e. The van der Waals surface area contributed by atoms with Crippen molar-refractivity contribution < 1.29 is 4.74 Å². The predicted molar refractivity (Wildman–Crippen MR) is 111 cm³/mol. The summed E-state index contributed by atoms with van der Waals surface area (Å²) in [5, 5.41) is 6.95. The van der Waals surface area contributed by atoms with E-state index in [4.69, 9.17) is 9.72 Å². The third kappa shape index (κ3) is 3.92. The molecular weight excluding hydrogens is 350 g/mol. The Bertz CT molecular complexity index is 1040. The molecule has 144 valence electrons. The molecule has 4 aromatic rings. The van der Waals surface area contributed by atoms with Crippen molar-refractivity contribution in [3.05, 3.63) is 60.6 Å². The first-order chi connectivity index (χ1) is 13.6. The summed E-state index contributed by atoms with van der Waals surface area (Å²) in [5.41, 5.74) is 4.00. The van der Waals surface area contributed by atoms with Crippen LogP contribution in [0.15, 0.2) is 54.7 Å². The summed E-state index contributed by atoms with van der Waals surface area (Å²) in [5.74, 6) is 2.53. The van der Waals surface area contributed by atoms with E-state index < -0.39 is 0 Å². The molecule has 0 aliphatic heterocycles. The highest BCUT2D eigenvalue weighted by Gasteiger charge is 2.11. The van der Waals surface area contributed by atoms with Crippen molar-refractivity contribution in [2.75, 3.05) is 7.05 Å². The van der Waals surface area contributed by atoms with Gasteiger partial charge in [-0.3, -0.25) is 10.00 Å². The van der Waals surface area contributed by atoms with E-state index in [-0.39, 0.29) is 0 Å². The van der Waals surface area contributed by atoms with Crippen LogP contribution in [0.2, 0.25) is 0 Å². The van der Waals surface area contributed by atoms with Gasteiger partial charge in [-0.15, -0.1) is 0 Å². The summed E-state index contributed by atoms with van der Waals surface area (Å²) >= 11 is 0. The molecule has 0 aliphatic rings. The topological polar surface area (TPSA) is 69.8 Å². The van der Waals surface area contributed by atoms with Crippen LogP contribution < -0.4 is 4.74 Å². The third-order valence-electron chi connectivity index (χ3n) is 5.15. The van der Waals surface area contributed by atoms with Crippen LogP contribution >= 0.6 is 0 Å². The van der Waals surface area contributed by atoms with E-state index in [0.29, 0.717) is 6.04 Å². The summed E-state index contributed by atoms with van der Waals surface area (Å²) in [7, 11) is 2.13. The van der Waals surface area contributed by atoms with Crippen molar-refractivity contribution in [2.45, 2.75) is 32.9 Å². The van der Waals surface area contributed by atoms with Gasteiger partial charge in [0.2, 0.25) is 0 Å². The molecule has 0 radical (unpaired) electrons. The molecule has 2 aromatic heterocycles. The van der Waals surface area contributed by atoms with Gasteiger partial charge in [-0.25, -0.2) is 4.98 Å². The highest BCUT2D eigenvalue weighted by molar-refractivity contribution is 5.77. The van der Waals surface area contributed by atoms with E-state index in [1.165, 1.54) is 0 Å². The fourth-order valence-corrected chi connectivity index (χ4v) is 3.14. The molecule has 6 heteroatoms. The summed E-state index contributed by atoms with van der Waals surface area (Å²) in [6, 6.07) is 16.4. The molecule has 4 rings (SSSR count). The number of benzene rings is 2. The van der Waals surface area contributed by atoms with Gasteiger partial charge in [-0.05, 0) is 68.4 Å². The predicted octanol–water partition coefficient (Wildman–Crippen LogP) is 4.98. The molecule has 2 N–H and O–H groups in total. The largest absolute Gasteiger partial charge is 0.457 e. The molecular formula is C22H25N5O. The number of rotatable bonds is 7. The van der Waals surface area contributed by atoms with Gasteiger partial charge in [-0.2, -0.15) is 5.10 Å². The summed E-state index contributed by atoms with van der Waals surface area (Å²) in [6.07, 6.45) is 2.86. The highest BCUT2D eigenvalue weighted by Crippen LogP contribution is 2.27. The molecule has 28 heavy (non-hydrogen) atoms. The van der Waals surface area contributed by atoms with Crippen molar-refractivity contribution >= 4 is 11.0 Å². The van der Waals surface area contributed by atoms with Crippen molar-refractivity contribution in [3.63, 3.8) is 0 Å². The number of ether oxygens (including phenoxy) is 1. The Kier molecular flexibility index (Phi) is 5.12. The molecule has 0 unspecified atom stereocenters. The van der Waals surface area contributed by atoms with Crippen molar-refractivity contribution in [1.82, 2.24) is 25.1 Å². The first-order valence-electron chi connectivity index (χ1n) is 9.59. The number of hydrogen-bond donors (Lipinski definition) is 2. The molecule has 2 aromatic carbocycles. The van der Waals surface area contributed by atoms with E-state index in [9.17, 15) is 0 Å². The molecule has 0 spiro atoms. The number of hydrogen-bond acceptors (Lipinski definition) is 4. The Morgan fingerprint density at radius 1 is 1.07 bits per heavy atom.